The fourth-order valence-electron chi connectivity index (χ4n) is 3.71. The van der Waals surface area contributed by atoms with Crippen molar-refractivity contribution in [2.75, 3.05) is 20.1 Å². The first-order chi connectivity index (χ1) is 13.7. The molecule has 7 nitrogen and oxygen atoms in total. The summed E-state index contributed by atoms with van der Waals surface area (Å²) in [5.74, 6) is 0.766. The lowest BCUT2D eigenvalue weighted by Gasteiger charge is -2.37. The number of hydrogen-bond acceptors (Lipinski definition) is 4. The number of benzene rings is 1. The van der Waals surface area contributed by atoms with Crippen molar-refractivity contribution in [2.45, 2.75) is 32.0 Å². The van der Waals surface area contributed by atoms with E-state index in [9.17, 15) is 4.79 Å². The number of carbonyl (C=O) groups excluding carboxylic acids is 1. The topological polar surface area (TPSA) is 77.2 Å². The molecule has 1 aromatic carbocycles. The molecule has 4 rings (SSSR count). The molecule has 0 spiro atoms. The smallest absolute Gasteiger partial charge is 0.318 e. The Labute approximate surface area is 164 Å². The number of aromatic amines is 1. The molecule has 0 unspecified atom stereocenters. The van der Waals surface area contributed by atoms with Crippen LogP contribution >= 0.6 is 0 Å². The molecular weight excluding hydrogens is 352 g/mol. The third kappa shape index (κ3) is 4.31. The van der Waals surface area contributed by atoms with E-state index in [4.69, 9.17) is 0 Å². The Balaban J connectivity index is 1.45. The number of para-hydroxylation sites is 2. The van der Waals surface area contributed by atoms with Gasteiger partial charge in [-0.25, -0.2) is 9.78 Å². The highest BCUT2D eigenvalue weighted by Crippen LogP contribution is 2.19. The number of urea groups is 1. The van der Waals surface area contributed by atoms with Crippen molar-refractivity contribution < 1.29 is 4.79 Å². The minimum Gasteiger partial charge on any atom is -0.340 e. The van der Waals surface area contributed by atoms with Crippen LogP contribution in [0.15, 0.2) is 48.8 Å². The Morgan fingerprint density at radius 2 is 1.96 bits per heavy atom. The molecule has 0 radical (unpaired) electrons. The third-order valence-corrected chi connectivity index (χ3v) is 5.34. The minimum atomic E-state index is -0.0492. The summed E-state index contributed by atoms with van der Waals surface area (Å²) in [4.78, 5) is 29.2. The summed E-state index contributed by atoms with van der Waals surface area (Å²) in [6.07, 6.45) is 5.52. The number of pyridine rings is 1. The number of hydrogen-bond donors (Lipinski definition) is 2. The number of amides is 2. The van der Waals surface area contributed by atoms with Crippen molar-refractivity contribution in [2.24, 2.45) is 0 Å². The second kappa shape index (κ2) is 8.39. The van der Waals surface area contributed by atoms with Crippen LogP contribution in [-0.4, -0.2) is 57.0 Å². The normalized spacial score (nSPS) is 15.6. The predicted molar refractivity (Wildman–Crippen MR) is 109 cm³/mol. The van der Waals surface area contributed by atoms with E-state index in [1.165, 1.54) is 0 Å². The maximum atomic E-state index is 13.1. The number of piperidine rings is 1. The zero-order valence-electron chi connectivity index (χ0n) is 16.1. The van der Waals surface area contributed by atoms with E-state index in [0.717, 1.165) is 48.4 Å². The second-order valence-electron chi connectivity index (χ2n) is 7.38. The number of nitrogens with zero attached hydrogens (tertiary/aromatic N) is 4. The summed E-state index contributed by atoms with van der Waals surface area (Å²) >= 11 is 0. The summed E-state index contributed by atoms with van der Waals surface area (Å²) < 4.78 is 0. The molecule has 3 aromatic rings. The first-order valence-electron chi connectivity index (χ1n) is 9.74. The van der Waals surface area contributed by atoms with Gasteiger partial charge >= 0.3 is 6.03 Å². The van der Waals surface area contributed by atoms with Gasteiger partial charge in [0.15, 0.2) is 0 Å². The molecule has 0 atom stereocenters. The van der Waals surface area contributed by atoms with Crippen molar-refractivity contribution in [3.63, 3.8) is 0 Å². The SMILES string of the molecule is CN1CCC(N(Cc2ccncc2)C(=O)NCc2nc3ccccc3[nH]2)CC1. The third-order valence-electron chi connectivity index (χ3n) is 5.34. The van der Waals surface area contributed by atoms with Gasteiger partial charge in [0.2, 0.25) is 0 Å². The molecule has 0 saturated carbocycles. The van der Waals surface area contributed by atoms with E-state index in [1.54, 1.807) is 12.4 Å². The molecule has 1 saturated heterocycles. The number of fused-ring (bicyclic) bond motifs is 1. The molecule has 0 aliphatic carbocycles. The largest absolute Gasteiger partial charge is 0.340 e. The second-order valence-corrected chi connectivity index (χ2v) is 7.38. The molecule has 2 amide bonds. The monoisotopic (exact) mass is 378 g/mol. The molecule has 2 aromatic heterocycles. The maximum absolute atomic E-state index is 13.1. The summed E-state index contributed by atoms with van der Waals surface area (Å²) in [5, 5.41) is 3.05. The molecule has 7 heteroatoms. The summed E-state index contributed by atoms with van der Waals surface area (Å²) in [5.41, 5.74) is 2.99. The van der Waals surface area contributed by atoms with Gasteiger partial charge in [0.25, 0.3) is 0 Å². The highest BCUT2D eigenvalue weighted by molar-refractivity contribution is 5.76. The average Bonchev–Trinajstić information content (AvgIpc) is 3.15. The Hall–Kier alpha value is -2.93. The molecule has 3 heterocycles. The van der Waals surface area contributed by atoms with Crippen LogP contribution in [-0.2, 0) is 13.1 Å². The molecular formula is C21H26N6O. The van der Waals surface area contributed by atoms with Crippen molar-refractivity contribution >= 4 is 17.1 Å². The summed E-state index contributed by atoms with van der Waals surface area (Å²) in [6.45, 7) is 2.98. The molecule has 28 heavy (non-hydrogen) atoms. The molecule has 2 N–H and O–H groups in total. The van der Waals surface area contributed by atoms with Crippen LogP contribution in [0.4, 0.5) is 4.79 Å². The highest BCUT2D eigenvalue weighted by atomic mass is 16.2. The number of imidazole rings is 1. The Morgan fingerprint density at radius 1 is 1.21 bits per heavy atom. The first kappa shape index (κ1) is 18.4. The van der Waals surface area contributed by atoms with Crippen LogP contribution < -0.4 is 5.32 Å². The Morgan fingerprint density at radius 3 is 2.71 bits per heavy atom. The average molecular weight is 378 g/mol. The predicted octanol–water partition coefficient (Wildman–Crippen LogP) is 2.76. The Kier molecular flexibility index (Phi) is 5.53. The molecule has 146 valence electrons. The van der Waals surface area contributed by atoms with Gasteiger partial charge in [-0.2, -0.15) is 0 Å². The van der Waals surface area contributed by atoms with E-state index < -0.39 is 0 Å². The van der Waals surface area contributed by atoms with Crippen LogP contribution in [0.3, 0.4) is 0 Å². The van der Waals surface area contributed by atoms with Crippen molar-refractivity contribution in [1.82, 2.24) is 30.1 Å². The van der Waals surface area contributed by atoms with Crippen molar-refractivity contribution in [3.8, 4) is 0 Å². The first-order valence-corrected chi connectivity index (χ1v) is 9.74. The van der Waals surface area contributed by atoms with E-state index in [1.807, 2.05) is 41.3 Å². The van der Waals surface area contributed by atoms with E-state index in [-0.39, 0.29) is 12.1 Å². The Bertz CT molecular complexity index is 884. The number of nitrogens with one attached hydrogen (secondary N) is 2. The molecule has 1 fully saturated rings. The minimum absolute atomic E-state index is 0.0492. The van der Waals surface area contributed by atoms with Gasteiger partial charge in [-0.3, -0.25) is 4.98 Å². The standard InChI is InChI=1S/C21H26N6O/c1-26-12-8-17(9-13-26)27(15-16-6-10-22-11-7-16)21(28)23-14-20-24-18-4-2-3-5-19(18)25-20/h2-7,10-11,17H,8-9,12-15H2,1H3,(H,23,28)(H,24,25). The lowest BCUT2D eigenvalue weighted by Crippen LogP contribution is -2.49. The van der Waals surface area contributed by atoms with Crippen LogP contribution in [0.5, 0.6) is 0 Å². The van der Waals surface area contributed by atoms with Crippen LogP contribution in [0.25, 0.3) is 11.0 Å². The van der Waals surface area contributed by atoms with Crippen LogP contribution in [0.1, 0.15) is 24.2 Å². The fraction of sp³-hybridized carbons (Fsp3) is 0.381. The zero-order valence-corrected chi connectivity index (χ0v) is 16.1. The van der Waals surface area contributed by atoms with Gasteiger partial charge in [0.05, 0.1) is 17.6 Å². The van der Waals surface area contributed by atoms with Gasteiger partial charge in [-0.05, 0) is 62.8 Å². The highest BCUT2D eigenvalue weighted by Gasteiger charge is 2.27. The number of carbonyl (C=O) groups is 1. The number of aromatic nitrogens is 3. The summed E-state index contributed by atoms with van der Waals surface area (Å²) in [7, 11) is 2.13. The number of H-pyrrole nitrogens is 1. The van der Waals surface area contributed by atoms with Gasteiger partial charge in [-0.1, -0.05) is 12.1 Å². The quantitative estimate of drug-likeness (QED) is 0.716. The zero-order chi connectivity index (χ0) is 19.3. The van der Waals surface area contributed by atoms with Crippen LogP contribution in [0, 0.1) is 0 Å². The van der Waals surface area contributed by atoms with Crippen molar-refractivity contribution in [1.29, 1.82) is 0 Å². The fourth-order valence-corrected chi connectivity index (χ4v) is 3.71. The molecule has 0 bridgehead atoms. The molecule has 1 aliphatic rings. The molecule has 1 aliphatic heterocycles. The van der Waals surface area contributed by atoms with E-state index in [2.05, 4.69) is 32.2 Å². The van der Waals surface area contributed by atoms with E-state index >= 15 is 0 Å². The lowest BCUT2D eigenvalue weighted by atomic mass is 10.0. The van der Waals surface area contributed by atoms with Gasteiger partial charge in [-0.15, -0.1) is 0 Å². The number of likely N-dealkylation sites (tertiary alicyclic amines) is 1. The van der Waals surface area contributed by atoms with Crippen molar-refractivity contribution in [3.05, 3.63) is 60.2 Å². The summed E-state index contributed by atoms with van der Waals surface area (Å²) in [6, 6.07) is 12.0. The maximum Gasteiger partial charge on any atom is 0.318 e. The van der Waals surface area contributed by atoms with Crippen LogP contribution in [0.2, 0.25) is 0 Å². The van der Waals surface area contributed by atoms with Gasteiger partial charge in [0, 0.05) is 25.0 Å². The van der Waals surface area contributed by atoms with Gasteiger partial charge < -0.3 is 20.1 Å². The lowest BCUT2D eigenvalue weighted by molar-refractivity contribution is 0.127. The number of rotatable bonds is 5. The van der Waals surface area contributed by atoms with E-state index in [0.29, 0.717) is 13.1 Å². The van der Waals surface area contributed by atoms with Gasteiger partial charge in [0.1, 0.15) is 5.82 Å².